The first-order valence-electron chi connectivity index (χ1n) is 4.59. The van der Waals surface area contributed by atoms with Crippen LogP contribution in [0.2, 0.25) is 0 Å². The van der Waals surface area contributed by atoms with Crippen molar-refractivity contribution in [1.82, 2.24) is 4.90 Å². The minimum atomic E-state index is -1.19. The van der Waals surface area contributed by atoms with E-state index in [1.165, 1.54) is 26.1 Å². The van der Waals surface area contributed by atoms with E-state index in [-0.39, 0.29) is 5.56 Å². The van der Waals surface area contributed by atoms with Gasteiger partial charge in [-0.1, -0.05) is 6.07 Å². The number of hydrogen-bond acceptors (Lipinski definition) is 2. The minimum Gasteiger partial charge on any atom is -0.326 e. The predicted octanol–water partition coefficient (Wildman–Crippen LogP) is 1.95. The summed E-state index contributed by atoms with van der Waals surface area (Å²) in [6.07, 6.45) is 0. The van der Waals surface area contributed by atoms with Crippen LogP contribution in [-0.4, -0.2) is 23.9 Å². The molecule has 1 atom stereocenters. The third-order valence-electron chi connectivity index (χ3n) is 2.27. The molecular formula is C11H10F2N2O. The summed E-state index contributed by atoms with van der Waals surface area (Å²) in [7, 11) is 1.36. The molecule has 0 aliphatic rings. The molecule has 0 radical (unpaired) electrons. The molecular weight excluding hydrogens is 214 g/mol. The molecule has 0 saturated heterocycles. The van der Waals surface area contributed by atoms with Gasteiger partial charge in [0.25, 0.3) is 5.91 Å². The van der Waals surface area contributed by atoms with Crippen LogP contribution in [0.4, 0.5) is 8.78 Å². The second-order valence-corrected chi connectivity index (χ2v) is 3.32. The molecule has 1 aromatic carbocycles. The second-order valence-electron chi connectivity index (χ2n) is 3.32. The summed E-state index contributed by atoms with van der Waals surface area (Å²) in [5.74, 6) is -2.99. The Labute approximate surface area is 91.9 Å². The SMILES string of the molecule is CC(C#N)N(C)C(=O)c1cccc(F)c1F. The monoisotopic (exact) mass is 224 g/mol. The van der Waals surface area contributed by atoms with Crippen molar-refractivity contribution in [1.29, 1.82) is 5.26 Å². The number of carbonyl (C=O) groups excluding carboxylic acids is 1. The maximum absolute atomic E-state index is 13.3. The van der Waals surface area contributed by atoms with Gasteiger partial charge >= 0.3 is 0 Å². The molecule has 1 unspecified atom stereocenters. The first kappa shape index (κ1) is 12.1. The van der Waals surface area contributed by atoms with Gasteiger partial charge in [0.1, 0.15) is 6.04 Å². The Morgan fingerprint density at radius 2 is 2.12 bits per heavy atom. The molecule has 1 amide bonds. The normalized spacial score (nSPS) is 11.7. The van der Waals surface area contributed by atoms with Crippen LogP contribution in [0.1, 0.15) is 17.3 Å². The molecule has 0 aliphatic carbocycles. The lowest BCUT2D eigenvalue weighted by Gasteiger charge is -2.19. The fourth-order valence-electron chi connectivity index (χ4n) is 1.12. The standard InChI is InChI=1S/C11H10F2N2O/c1-7(6-14)15(2)11(16)8-4-3-5-9(12)10(8)13/h3-5,7H,1-2H3. The van der Waals surface area contributed by atoms with Crippen LogP contribution in [0.15, 0.2) is 18.2 Å². The lowest BCUT2D eigenvalue weighted by molar-refractivity contribution is 0.0767. The van der Waals surface area contributed by atoms with Gasteiger partial charge in [-0.05, 0) is 19.1 Å². The molecule has 0 fully saturated rings. The summed E-state index contributed by atoms with van der Waals surface area (Å²) in [5, 5.41) is 8.61. The fourth-order valence-corrected chi connectivity index (χ4v) is 1.12. The van der Waals surface area contributed by atoms with E-state index in [0.717, 1.165) is 11.0 Å². The molecule has 5 heteroatoms. The molecule has 3 nitrogen and oxygen atoms in total. The maximum Gasteiger partial charge on any atom is 0.257 e. The van der Waals surface area contributed by atoms with Crippen LogP contribution in [0.25, 0.3) is 0 Å². The Kier molecular flexibility index (Phi) is 3.56. The van der Waals surface area contributed by atoms with Gasteiger partial charge in [0.05, 0.1) is 11.6 Å². The molecule has 0 heterocycles. The van der Waals surface area contributed by atoms with Crippen molar-refractivity contribution in [2.45, 2.75) is 13.0 Å². The van der Waals surface area contributed by atoms with Gasteiger partial charge in [-0.25, -0.2) is 8.78 Å². The van der Waals surface area contributed by atoms with Crippen LogP contribution >= 0.6 is 0 Å². The van der Waals surface area contributed by atoms with E-state index in [0.29, 0.717) is 0 Å². The van der Waals surface area contributed by atoms with E-state index in [4.69, 9.17) is 5.26 Å². The number of carbonyl (C=O) groups is 1. The van der Waals surface area contributed by atoms with Crippen molar-refractivity contribution >= 4 is 5.91 Å². The highest BCUT2D eigenvalue weighted by atomic mass is 19.2. The van der Waals surface area contributed by atoms with Crippen molar-refractivity contribution in [2.75, 3.05) is 7.05 Å². The van der Waals surface area contributed by atoms with Crippen molar-refractivity contribution in [3.8, 4) is 6.07 Å². The minimum absolute atomic E-state index is 0.371. The predicted molar refractivity (Wildman–Crippen MR) is 53.5 cm³/mol. The Morgan fingerprint density at radius 3 is 2.69 bits per heavy atom. The quantitative estimate of drug-likeness (QED) is 0.770. The molecule has 0 aromatic heterocycles. The highest BCUT2D eigenvalue weighted by molar-refractivity contribution is 5.94. The summed E-state index contributed by atoms with van der Waals surface area (Å²) in [4.78, 5) is 12.7. The van der Waals surface area contributed by atoms with Crippen molar-refractivity contribution in [3.63, 3.8) is 0 Å². The van der Waals surface area contributed by atoms with Crippen LogP contribution in [0.3, 0.4) is 0 Å². The van der Waals surface area contributed by atoms with Gasteiger partial charge < -0.3 is 4.90 Å². The Balaban J connectivity index is 3.07. The Morgan fingerprint density at radius 1 is 1.50 bits per heavy atom. The second kappa shape index (κ2) is 4.71. The van der Waals surface area contributed by atoms with Crippen LogP contribution in [0, 0.1) is 23.0 Å². The zero-order chi connectivity index (χ0) is 12.3. The third kappa shape index (κ3) is 2.16. The topological polar surface area (TPSA) is 44.1 Å². The lowest BCUT2D eigenvalue weighted by Crippen LogP contribution is -2.34. The first-order valence-corrected chi connectivity index (χ1v) is 4.59. The van der Waals surface area contributed by atoms with Gasteiger partial charge in [0.15, 0.2) is 11.6 Å². The number of nitrogens with zero attached hydrogens (tertiary/aromatic N) is 2. The number of benzene rings is 1. The van der Waals surface area contributed by atoms with Crippen molar-refractivity contribution < 1.29 is 13.6 Å². The number of nitriles is 1. The lowest BCUT2D eigenvalue weighted by atomic mass is 10.1. The van der Waals surface area contributed by atoms with Crippen LogP contribution in [0.5, 0.6) is 0 Å². The molecule has 1 rings (SSSR count). The van der Waals surface area contributed by atoms with Crippen LogP contribution in [-0.2, 0) is 0 Å². The van der Waals surface area contributed by atoms with Gasteiger partial charge in [0.2, 0.25) is 0 Å². The smallest absolute Gasteiger partial charge is 0.257 e. The largest absolute Gasteiger partial charge is 0.326 e. The Hall–Kier alpha value is -1.96. The highest BCUT2D eigenvalue weighted by Gasteiger charge is 2.21. The van der Waals surface area contributed by atoms with Crippen LogP contribution < -0.4 is 0 Å². The third-order valence-corrected chi connectivity index (χ3v) is 2.27. The number of rotatable bonds is 2. The summed E-state index contributed by atoms with van der Waals surface area (Å²) in [6.45, 7) is 1.50. The summed E-state index contributed by atoms with van der Waals surface area (Å²) in [5.41, 5.74) is -0.371. The molecule has 1 aromatic rings. The molecule has 84 valence electrons. The van der Waals surface area contributed by atoms with E-state index in [9.17, 15) is 13.6 Å². The molecule has 0 spiro atoms. The maximum atomic E-state index is 13.3. The van der Waals surface area contributed by atoms with Gasteiger partial charge in [-0.2, -0.15) is 5.26 Å². The van der Waals surface area contributed by atoms with Crippen molar-refractivity contribution in [2.24, 2.45) is 0 Å². The molecule has 0 aliphatic heterocycles. The van der Waals surface area contributed by atoms with E-state index < -0.39 is 23.6 Å². The number of hydrogen-bond donors (Lipinski definition) is 0. The van der Waals surface area contributed by atoms with E-state index in [1.54, 1.807) is 0 Å². The van der Waals surface area contributed by atoms with Gasteiger partial charge in [-0.15, -0.1) is 0 Å². The van der Waals surface area contributed by atoms with E-state index in [1.807, 2.05) is 6.07 Å². The zero-order valence-corrected chi connectivity index (χ0v) is 8.87. The van der Waals surface area contributed by atoms with Gasteiger partial charge in [0, 0.05) is 7.05 Å². The average molecular weight is 224 g/mol. The summed E-state index contributed by atoms with van der Waals surface area (Å²) >= 11 is 0. The Bertz CT molecular complexity index is 454. The number of halogens is 2. The molecule has 0 bridgehead atoms. The molecule has 0 N–H and O–H groups in total. The zero-order valence-electron chi connectivity index (χ0n) is 8.87. The molecule has 16 heavy (non-hydrogen) atoms. The van der Waals surface area contributed by atoms with Crippen molar-refractivity contribution in [3.05, 3.63) is 35.4 Å². The summed E-state index contributed by atoms with van der Waals surface area (Å²) in [6, 6.07) is 4.50. The average Bonchev–Trinajstić information content (AvgIpc) is 2.29. The summed E-state index contributed by atoms with van der Waals surface area (Å²) < 4.78 is 26.1. The van der Waals surface area contributed by atoms with E-state index >= 15 is 0 Å². The first-order chi connectivity index (χ1) is 7.49. The number of amides is 1. The highest BCUT2D eigenvalue weighted by Crippen LogP contribution is 2.14. The molecule has 0 saturated carbocycles. The fraction of sp³-hybridized carbons (Fsp3) is 0.273. The van der Waals surface area contributed by atoms with E-state index in [2.05, 4.69) is 0 Å². The van der Waals surface area contributed by atoms with Gasteiger partial charge in [-0.3, -0.25) is 4.79 Å².